The maximum absolute atomic E-state index is 12.8. The van der Waals surface area contributed by atoms with Crippen LogP contribution in [0.15, 0.2) is 29.1 Å². The van der Waals surface area contributed by atoms with Gasteiger partial charge in [0.25, 0.3) is 0 Å². The topological polar surface area (TPSA) is 78.9 Å². The molecule has 25 heavy (non-hydrogen) atoms. The highest BCUT2D eigenvalue weighted by molar-refractivity contribution is 5.85. The second-order valence-corrected chi connectivity index (χ2v) is 7.08. The number of carbonyl (C=O) groups is 1. The molecule has 0 radical (unpaired) electrons. The molecule has 0 spiro atoms. The average molecular weight is 365 g/mol. The molecule has 1 saturated carbocycles. The van der Waals surface area contributed by atoms with Gasteiger partial charge in [-0.15, -0.1) is 12.4 Å². The molecule has 6 nitrogen and oxygen atoms in total. The fraction of sp³-hybridized carbons (Fsp3) is 0.556. The highest BCUT2D eigenvalue weighted by Gasteiger charge is 2.49. The summed E-state index contributed by atoms with van der Waals surface area (Å²) in [5.41, 5.74) is 1.36. The number of halogens is 1. The van der Waals surface area contributed by atoms with Crippen molar-refractivity contribution in [2.45, 2.75) is 32.2 Å². The first-order chi connectivity index (χ1) is 11.7. The largest absolute Gasteiger partial charge is 0.354 e. The monoisotopic (exact) mass is 364 g/mol. The Kier molecular flexibility index (Phi) is 5.20. The molecule has 2 fully saturated rings. The Morgan fingerprint density at radius 3 is 3.04 bits per heavy atom. The van der Waals surface area contributed by atoms with Crippen molar-refractivity contribution in [3.8, 4) is 0 Å². The number of H-pyrrole nitrogens is 1. The zero-order chi connectivity index (χ0) is 16.6. The van der Waals surface area contributed by atoms with Gasteiger partial charge in [-0.3, -0.25) is 9.36 Å². The minimum absolute atomic E-state index is 0. The summed E-state index contributed by atoms with van der Waals surface area (Å²) in [6.07, 6.45) is 4.48. The van der Waals surface area contributed by atoms with E-state index in [1.54, 1.807) is 4.57 Å². The smallest absolute Gasteiger partial charge is 0.326 e. The number of para-hydroxylation sites is 2. The predicted molar refractivity (Wildman–Crippen MR) is 100 cm³/mol. The van der Waals surface area contributed by atoms with Gasteiger partial charge in [0.2, 0.25) is 5.91 Å². The molecule has 1 saturated heterocycles. The van der Waals surface area contributed by atoms with Gasteiger partial charge in [0.1, 0.15) is 0 Å². The molecule has 2 atom stereocenters. The summed E-state index contributed by atoms with van der Waals surface area (Å²) in [5.74, 6) is 0.618. The number of imidazole rings is 1. The van der Waals surface area contributed by atoms with Crippen LogP contribution in [0.3, 0.4) is 0 Å². The lowest BCUT2D eigenvalue weighted by Crippen LogP contribution is -2.48. The molecule has 1 aliphatic carbocycles. The molecule has 2 heterocycles. The van der Waals surface area contributed by atoms with E-state index in [9.17, 15) is 9.59 Å². The Morgan fingerprint density at radius 2 is 2.16 bits per heavy atom. The number of aromatic nitrogens is 2. The highest BCUT2D eigenvalue weighted by atomic mass is 35.5. The predicted octanol–water partition coefficient (Wildman–Crippen LogP) is 1.65. The number of aromatic amines is 1. The number of amides is 1. The third-order valence-corrected chi connectivity index (χ3v) is 5.79. The van der Waals surface area contributed by atoms with E-state index in [4.69, 9.17) is 0 Å². The van der Waals surface area contributed by atoms with Crippen LogP contribution in [0.25, 0.3) is 11.0 Å². The van der Waals surface area contributed by atoms with Gasteiger partial charge in [-0.25, -0.2) is 4.79 Å². The van der Waals surface area contributed by atoms with Crippen molar-refractivity contribution in [1.82, 2.24) is 20.2 Å². The van der Waals surface area contributed by atoms with Crippen LogP contribution >= 0.6 is 12.4 Å². The molecule has 7 heteroatoms. The van der Waals surface area contributed by atoms with Gasteiger partial charge >= 0.3 is 5.69 Å². The number of benzene rings is 1. The Morgan fingerprint density at radius 1 is 1.32 bits per heavy atom. The zero-order valence-electron chi connectivity index (χ0n) is 14.2. The third-order valence-electron chi connectivity index (χ3n) is 5.79. The lowest BCUT2D eigenvalue weighted by Gasteiger charge is -2.37. The van der Waals surface area contributed by atoms with Crippen molar-refractivity contribution in [1.29, 1.82) is 0 Å². The number of fused-ring (bicyclic) bond motifs is 2. The van der Waals surface area contributed by atoms with Crippen LogP contribution in [-0.4, -0.2) is 35.1 Å². The van der Waals surface area contributed by atoms with E-state index in [-0.39, 0.29) is 29.4 Å². The molecule has 0 unspecified atom stereocenters. The number of nitrogens with one attached hydrogen (secondary N) is 3. The molecular weight excluding hydrogens is 340 g/mol. The van der Waals surface area contributed by atoms with Crippen molar-refractivity contribution < 1.29 is 4.79 Å². The van der Waals surface area contributed by atoms with Crippen LogP contribution in [0.5, 0.6) is 0 Å². The summed E-state index contributed by atoms with van der Waals surface area (Å²) in [7, 11) is 0. The van der Waals surface area contributed by atoms with E-state index < -0.39 is 0 Å². The van der Waals surface area contributed by atoms with Crippen LogP contribution in [0.1, 0.15) is 25.7 Å². The van der Waals surface area contributed by atoms with E-state index in [2.05, 4.69) is 15.6 Å². The Bertz CT molecular complexity index is 815. The van der Waals surface area contributed by atoms with E-state index >= 15 is 0 Å². The van der Waals surface area contributed by atoms with Gasteiger partial charge in [0.15, 0.2) is 0 Å². The lowest BCUT2D eigenvalue weighted by molar-refractivity contribution is -0.134. The SMILES string of the molecule is Cl.O=C(NCCn1c(=O)[nH]c2ccccc21)[C@@]12CCCC[C@H]1CNC2. The summed E-state index contributed by atoms with van der Waals surface area (Å²) in [6, 6.07) is 7.63. The number of hydrogen-bond donors (Lipinski definition) is 3. The van der Waals surface area contributed by atoms with Gasteiger partial charge in [0.05, 0.1) is 16.4 Å². The van der Waals surface area contributed by atoms with E-state index in [0.29, 0.717) is 19.0 Å². The standard InChI is InChI=1S/C18H24N4O2.ClH/c23-16(18-8-4-3-5-13(18)11-19-12-18)20-9-10-22-15-7-2-1-6-14(15)21-17(22)24;/h1-2,6-7,13,19H,3-5,8-12H2,(H,20,23)(H,21,24);1H/t13-,18+;/m0./s1. The molecule has 3 N–H and O–H groups in total. The molecular formula is C18H25ClN4O2. The van der Waals surface area contributed by atoms with E-state index in [1.807, 2.05) is 24.3 Å². The Hall–Kier alpha value is -1.79. The molecule has 0 bridgehead atoms. The molecule has 4 rings (SSSR count). The molecule has 2 aliphatic rings. The summed E-state index contributed by atoms with van der Waals surface area (Å²) in [4.78, 5) is 27.8. The van der Waals surface area contributed by atoms with Gasteiger partial charge in [-0.1, -0.05) is 25.0 Å². The fourth-order valence-corrected chi connectivity index (χ4v) is 4.48. The summed E-state index contributed by atoms with van der Waals surface area (Å²) in [6.45, 7) is 2.71. The fourth-order valence-electron chi connectivity index (χ4n) is 4.48. The van der Waals surface area contributed by atoms with Crippen molar-refractivity contribution in [2.24, 2.45) is 11.3 Å². The summed E-state index contributed by atoms with van der Waals surface area (Å²) >= 11 is 0. The van der Waals surface area contributed by atoms with Crippen molar-refractivity contribution in [3.05, 3.63) is 34.7 Å². The average Bonchev–Trinajstić information content (AvgIpc) is 3.17. The summed E-state index contributed by atoms with van der Waals surface area (Å²) < 4.78 is 1.69. The van der Waals surface area contributed by atoms with Crippen LogP contribution in [0.4, 0.5) is 0 Å². The van der Waals surface area contributed by atoms with Gasteiger partial charge in [-0.05, 0) is 37.4 Å². The lowest BCUT2D eigenvalue weighted by atomic mass is 9.67. The number of carbonyl (C=O) groups excluding carboxylic acids is 1. The number of nitrogens with zero attached hydrogens (tertiary/aromatic N) is 1. The Labute approximate surface area is 152 Å². The Balaban J connectivity index is 0.00000182. The van der Waals surface area contributed by atoms with Gasteiger partial charge in [0, 0.05) is 19.6 Å². The maximum atomic E-state index is 12.8. The molecule has 136 valence electrons. The third kappa shape index (κ3) is 3.09. The molecule has 1 aromatic carbocycles. The first-order valence-electron chi connectivity index (χ1n) is 8.87. The minimum atomic E-state index is -0.233. The first kappa shape index (κ1) is 18.0. The van der Waals surface area contributed by atoms with E-state index in [1.165, 1.54) is 6.42 Å². The van der Waals surface area contributed by atoms with Crippen LogP contribution < -0.4 is 16.3 Å². The van der Waals surface area contributed by atoms with Crippen molar-refractivity contribution in [2.75, 3.05) is 19.6 Å². The van der Waals surface area contributed by atoms with Crippen LogP contribution in [-0.2, 0) is 11.3 Å². The minimum Gasteiger partial charge on any atom is -0.354 e. The number of rotatable bonds is 4. The van der Waals surface area contributed by atoms with Crippen molar-refractivity contribution >= 4 is 29.3 Å². The zero-order valence-corrected chi connectivity index (χ0v) is 15.0. The molecule has 1 amide bonds. The molecule has 2 aromatic rings. The van der Waals surface area contributed by atoms with E-state index in [0.717, 1.165) is 43.4 Å². The first-order valence-corrected chi connectivity index (χ1v) is 8.87. The van der Waals surface area contributed by atoms with Crippen LogP contribution in [0.2, 0.25) is 0 Å². The highest BCUT2D eigenvalue weighted by Crippen LogP contribution is 2.43. The second-order valence-electron chi connectivity index (χ2n) is 7.08. The normalized spacial score (nSPS) is 25.4. The quantitative estimate of drug-likeness (QED) is 0.771. The van der Waals surface area contributed by atoms with Gasteiger partial charge in [-0.2, -0.15) is 0 Å². The maximum Gasteiger partial charge on any atom is 0.326 e. The second kappa shape index (κ2) is 7.22. The summed E-state index contributed by atoms with van der Waals surface area (Å²) in [5, 5.41) is 6.49. The number of hydrogen-bond acceptors (Lipinski definition) is 3. The molecule has 1 aromatic heterocycles. The van der Waals surface area contributed by atoms with Crippen LogP contribution in [0, 0.1) is 11.3 Å². The van der Waals surface area contributed by atoms with Crippen molar-refractivity contribution in [3.63, 3.8) is 0 Å². The van der Waals surface area contributed by atoms with Gasteiger partial charge < -0.3 is 15.6 Å². The molecule has 1 aliphatic heterocycles.